The molecule has 0 radical (unpaired) electrons. The lowest BCUT2D eigenvalue weighted by molar-refractivity contribution is 0.0831. The Morgan fingerprint density at radius 3 is 2.32 bits per heavy atom. The first kappa shape index (κ1) is 15.1. The Morgan fingerprint density at radius 1 is 1.00 bits per heavy atom. The summed E-state index contributed by atoms with van der Waals surface area (Å²) in [4.78, 5) is 23.6. The standard InChI is InChI=1S/C15H14N2O3S2/c18-13(16-17-14(19)12-2-1-7-20-12)10-3-5-11(6-4-10)15-21-8-9-22-15/h1-7,15H,8-9H2,(H,16,18)(H,17,19). The van der Waals surface area contributed by atoms with Crippen molar-refractivity contribution in [3.05, 3.63) is 59.5 Å². The van der Waals surface area contributed by atoms with E-state index in [9.17, 15) is 9.59 Å². The zero-order valence-corrected chi connectivity index (χ0v) is 13.2. The molecular formula is C15H14N2O3S2. The van der Waals surface area contributed by atoms with Crippen molar-refractivity contribution in [3.8, 4) is 0 Å². The van der Waals surface area contributed by atoms with Gasteiger partial charge in [0.25, 0.3) is 5.91 Å². The van der Waals surface area contributed by atoms with Gasteiger partial charge in [0.05, 0.1) is 10.8 Å². The van der Waals surface area contributed by atoms with Gasteiger partial charge >= 0.3 is 5.91 Å². The van der Waals surface area contributed by atoms with E-state index < -0.39 is 5.91 Å². The van der Waals surface area contributed by atoms with Gasteiger partial charge in [0.1, 0.15) is 0 Å². The van der Waals surface area contributed by atoms with Crippen molar-refractivity contribution in [1.29, 1.82) is 0 Å². The first-order valence-electron chi connectivity index (χ1n) is 6.71. The fourth-order valence-electron chi connectivity index (χ4n) is 2.00. The second-order valence-electron chi connectivity index (χ2n) is 4.58. The highest BCUT2D eigenvalue weighted by atomic mass is 32.2. The molecule has 3 rings (SSSR count). The maximum Gasteiger partial charge on any atom is 0.305 e. The molecule has 1 aromatic carbocycles. The summed E-state index contributed by atoms with van der Waals surface area (Å²) < 4.78 is 5.39. The van der Waals surface area contributed by atoms with Crippen molar-refractivity contribution >= 4 is 35.3 Å². The quantitative estimate of drug-likeness (QED) is 0.845. The number of amides is 2. The number of hydrogen-bond acceptors (Lipinski definition) is 5. The lowest BCUT2D eigenvalue weighted by Gasteiger charge is -2.09. The molecule has 2 N–H and O–H groups in total. The zero-order chi connectivity index (χ0) is 15.4. The van der Waals surface area contributed by atoms with E-state index in [1.807, 2.05) is 35.7 Å². The number of rotatable bonds is 3. The number of hydrogen-bond donors (Lipinski definition) is 2. The van der Waals surface area contributed by atoms with E-state index in [2.05, 4.69) is 10.9 Å². The summed E-state index contributed by atoms with van der Waals surface area (Å²) in [5, 5.41) is 0. The summed E-state index contributed by atoms with van der Waals surface area (Å²) >= 11 is 3.83. The van der Waals surface area contributed by atoms with Gasteiger partial charge in [-0.05, 0) is 29.8 Å². The van der Waals surface area contributed by atoms with Gasteiger partial charge in [-0.3, -0.25) is 20.4 Å². The third kappa shape index (κ3) is 3.48. The predicted molar refractivity (Wildman–Crippen MR) is 87.7 cm³/mol. The lowest BCUT2D eigenvalue weighted by atomic mass is 10.1. The Hall–Kier alpha value is -1.86. The van der Waals surface area contributed by atoms with Crippen LogP contribution in [0.25, 0.3) is 0 Å². The number of carbonyl (C=O) groups excluding carboxylic acids is 2. The van der Waals surface area contributed by atoms with Crippen molar-refractivity contribution < 1.29 is 14.0 Å². The molecule has 2 aromatic rings. The van der Waals surface area contributed by atoms with Crippen LogP contribution in [0.4, 0.5) is 0 Å². The van der Waals surface area contributed by atoms with Gasteiger partial charge in [-0.25, -0.2) is 0 Å². The minimum absolute atomic E-state index is 0.144. The summed E-state index contributed by atoms with van der Waals surface area (Å²) in [6.07, 6.45) is 1.40. The SMILES string of the molecule is O=C(NNC(=O)c1ccco1)c1ccc(C2SCCS2)cc1. The first-order chi connectivity index (χ1) is 10.7. The molecule has 5 nitrogen and oxygen atoms in total. The molecule has 0 saturated carbocycles. The monoisotopic (exact) mass is 334 g/mol. The van der Waals surface area contributed by atoms with Crippen LogP contribution in [-0.4, -0.2) is 23.3 Å². The molecular weight excluding hydrogens is 320 g/mol. The number of thioether (sulfide) groups is 2. The fraction of sp³-hybridized carbons (Fsp3) is 0.200. The van der Waals surface area contributed by atoms with E-state index in [1.54, 1.807) is 18.2 Å². The summed E-state index contributed by atoms with van der Waals surface area (Å²) in [5.41, 5.74) is 6.39. The van der Waals surface area contributed by atoms with E-state index in [0.29, 0.717) is 10.1 Å². The maximum atomic E-state index is 12.0. The molecule has 2 amide bonds. The lowest BCUT2D eigenvalue weighted by Crippen LogP contribution is -2.41. The van der Waals surface area contributed by atoms with E-state index in [4.69, 9.17) is 4.42 Å². The Bertz CT molecular complexity index is 650. The van der Waals surface area contributed by atoms with E-state index in [-0.39, 0.29) is 11.7 Å². The van der Waals surface area contributed by atoms with Crippen LogP contribution in [0.15, 0.2) is 47.1 Å². The third-order valence-corrected chi connectivity index (χ3v) is 6.21. The summed E-state index contributed by atoms with van der Waals surface area (Å²) in [7, 11) is 0. The Labute approximate surface area is 136 Å². The van der Waals surface area contributed by atoms with Gasteiger partial charge < -0.3 is 4.42 Å². The number of carbonyl (C=O) groups is 2. The van der Waals surface area contributed by atoms with Crippen molar-refractivity contribution in [2.24, 2.45) is 0 Å². The van der Waals surface area contributed by atoms with Crippen LogP contribution in [0.3, 0.4) is 0 Å². The number of benzene rings is 1. The van der Waals surface area contributed by atoms with Crippen molar-refractivity contribution in [1.82, 2.24) is 10.9 Å². The van der Waals surface area contributed by atoms with Crippen LogP contribution < -0.4 is 10.9 Å². The molecule has 1 aromatic heterocycles. The largest absolute Gasteiger partial charge is 0.459 e. The maximum absolute atomic E-state index is 12.0. The van der Waals surface area contributed by atoms with Crippen LogP contribution in [-0.2, 0) is 0 Å². The molecule has 0 aliphatic carbocycles. The molecule has 2 heterocycles. The Balaban J connectivity index is 1.56. The van der Waals surface area contributed by atoms with Gasteiger partial charge in [0, 0.05) is 17.1 Å². The molecule has 1 fully saturated rings. The number of furan rings is 1. The molecule has 22 heavy (non-hydrogen) atoms. The van der Waals surface area contributed by atoms with E-state index >= 15 is 0 Å². The van der Waals surface area contributed by atoms with Crippen LogP contribution >= 0.6 is 23.5 Å². The first-order valence-corrected chi connectivity index (χ1v) is 8.81. The Morgan fingerprint density at radius 2 is 1.68 bits per heavy atom. The highest BCUT2D eigenvalue weighted by Gasteiger charge is 2.18. The highest BCUT2D eigenvalue weighted by Crippen LogP contribution is 2.45. The molecule has 114 valence electrons. The minimum Gasteiger partial charge on any atom is -0.459 e. The van der Waals surface area contributed by atoms with Crippen LogP contribution in [0.2, 0.25) is 0 Å². The van der Waals surface area contributed by atoms with E-state index in [0.717, 1.165) is 11.5 Å². The van der Waals surface area contributed by atoms with Gasteiger partial charge in [-0.1, -0.05) is 12.1 Å². The normalized spacial score (nSPS) is 14.7. The van der Waals surface area contributed by atoms with Crippen molar-refractivity contribution in [3.63, 3.8) is 0 Å². The topological polar surface area (TPSA) is 71.3 Å². The van der Waals surface area contributed by atoms with Crippen molar-refractivity contribution in [2.45, 2.75) is 4.58 Å². The number of hydrazine groups is 1. The predicted octanol–water partition coefficient (Wildman–Crippen LogP) is 2.83. The third-order valence-electron chi connectivity index (χ3n) is 3.10. The summed E-state index contributed by atoms with van der Waals surface area (Å²) in [6.45, 7) is 0. The van der Waals surface area contributed by atoms with Gasteiger partial charge in [0.2, 0.25) is 0 Å². The zero-order valence-electron chi connectivity index (χ0n) is 11.6. The molecule has 0 atom stereocenters. The smallest absolute Gasteiger partial charge is 0.305 e. The molecule has 0 unspecified atom stereocenters. The highest BCUT2D eigenvalue weighted by molar-refractivity contribution is 8.19. The van der Waals surface area contributed by atoms with Gasteiger partial charge in [-0.15, -0.1) is 23.5 Å². The van der Waals surface area contributed by atoms with Crippen LogP contribution in [0.5, 0.6) is 0 Å². The fourth-order valence-corrected chi connectivity index (χ4v) is 4.86. The molecule has 0 bridgehead atoms. The van der Waals surface area contributed by atoms with E-state index in [1.165, 1.54) is 17.9 Å². The van der Waals surface area contributed by atoms with Crippen LogP contribution in [0, 0.1) is 0 Å². The molecule has 7 heteroatoms. The molecule has 1 aliphatic rings. The minimum atomic E-state index is -0.492. The molecule has 1 saturated heterocycles. The second kappa shape index (κ2) is 6.93. The number of nitrogens with one attached hydrogen (secondary N) is 2. The molecule has 0 spiro atoms. The summed E-state index contributed by atoms with van der Waals surface area (Å²) in [5.74, 6) is 1.62. The Kier molecular flexibility index (Phi) is 4.74. The summed E-state index contributed by atoms with van der Waals surface area (Å²) in [6, 6.07) is 10.6. The van der Waals surface area contributed by atoms with Gasteiger partial charge in [0.15, 0.2) is 5.76 Å². The van der Waals surface area contributed by atoms with Gasteiger partial charge in [-0.2, -0.15) is 0 Å². The average molecular weight is 334 g/mol. The van der Waals surface area contributed by atoms with Crippen LogP contribution in [0.1, 0.15) is 31.1 Å². The second-order valence-corrected chi connectivity index (χ2v) is 7.31. The average Bonchev–Trinajstić information content (AvgIpc) is 3.25. The molecule has 1 aliphatic heterocycles. The van der Waals surface area contributed by atoms with Crippen molar-refractivity contribution in [2.75, 3.05) is 11.5 Å².